The first kappa shape index (κ1) is 10.9. The van der Waals surface area contributed by atoms with Crippen molar-refractivity contribution in [2.75, 3.05) is 12.8 Å². The lowest BCUT2D eigenvalue weighted by Gasteiger charge is -2.09. The number of hydrogen-bond acceptors (Lipinski definition) is 4. The van der Waals surface area contributed by atoms with Crippen LogP contribution in [0.15, 0.2) is 27.3 Å². The second-order valence-corrected chi connectivity index (χ2v) is 3.90. The highest BCUT2D eigenvalue weighted by Gasteiger charge is 2.19. The second kappa shape index (κ2) is 4.13. The lowest BCUT2D eigenvalue weighted by molar-refractivity contribution is 0.413. The molecular formula is C10H8BrFN2O2. The minimum Gasteiger partial charge on any atom is -0.496 e. The molecule has 2 N–H and O–H groups in total. The third kappa shape index (κ3) is 1.65. The minimum atomic E-state index is -0.464. The van der Waals surface area contributed by atoms with Gasteiger partial charge in [0.1, 0.15) is 11.6 Å². The molecule has 0 atom stereocenters. The van der Waals surface area contributed by atoms with E-state index in [9.17, 15) is 4.39 Å². The number of nitrogens with zero attached hydrogens (tertiary/aromatic N) is 1. The molecule has 16 heavy (non-hydrogen) atoms. The third-order valence-corrected chi connectivity index (χ3v) is 2.76. The van der Waals surface area contributed by atoms with Crippen molar-refractivity contribution in [1.29, 1.82) is 0 Å². The summed E-state index contributed by atoms with van der Waals surface area (Å²) in [6.07, 6.45) is 1.35. The van der Waals surface area contributed by atoms with Crippen molar-refractivity contribution in [3.63, 3.8) is 0 Å². The fraction of sp³-hybridized carbons (Fsp3) is 0.100. The van der Waals surface area contributed by atoms with E-state index in [1.54, 1.807) is 12.1 Å². The molecule has 0 aliphatic rings. The van der Waals surface area contributed by atoms with Crippen LogP contribution in [0, 0.1) is 5.82 Å². The molecule has 0 fully saturated rings. The van der Waals surface area contributed by atoms with Crippen LogP contribution in [-0.4, -0.2) is 12.3 Å². The Morgan fingerprint density at radius 3 is 2.81 bits per heavy atom. The highest BCUT2D eigenvalue weighted by Crippen LogP contribution is 2.38. The van der Waals surface area contributed by atoms with Crippen molar-refractivity contribution in [2.24, 2.45) is 0 Å². The third-order valence-electron chi connectivity index (χ3n) is 2.14. The van der Waals surface area contributed by atoms with Gasteiger partial charge in [0, 0.05) is 0 Å². The summed E-state index contributed by atoms with van der Waals surface area (Å²) in [5.74, 6) is -0.0415. The first-order valence-corrected chi connectivity index (χ1v) is 5.17. The van der Waals surface area contributed by atoms with Crippen molar-refractivity contribution in [2.45, 2.75) is 0 Å². The van der Waals surface area contributed by atoms with Gasteiger partial charge >= 0.3 is 0 Å². The number of benzene rings is 1. The van der Waals surface area contributed by atoms with Crippen molar-refractivity contribution >= 4 is 21.8 Å². The molecule has 6 heteroatoms. The zero-order valence-electron chi connectivity index (χ0n) is 8.33. The van der Waals surface area contributed by atoms with E-state index in [4.69, 9.17) is 15.0 Å². The smallest absolute Gasteiger partial charge is 0.230 e. The standard InChI is InChI=1S/C10H8BrFN2O2/c1-15-7-3-2-6(11)9(12)8(7)5-4-14-16-10(5)13/h2-4H,13H2,1H3. The maximum absolute atomic E-state index is 13.9. The van der Waals surface area contributed by atoms with E-state index in [-0.39, 0.29) is 11.4 Å². The van der Waals surface area contributed by atoms with Gasteiger partial charge in [-0.25, -0.2) is 4.39 Å². The van der Waals surface area contributed by atoms with Crippen LogP contribution < -0.4 is 10.5 Å². The maximum Gasteiger partial charge on any atom is 0.230 e. The molecule has 0 saturated heterocycles. The predicted molar refractivity (Wildman–Crippen MR) is 60.6 cm³/mol. The van der Waals surface area contributed by atoms with E-state index in [2.05, 4.69) is 21.1 Å². The molecule has 0 aliphatic carbocycles. The van der Waals surface area contributed by atoms with Crippen LogP contribution >= 0.6 is 15.9 Å². The molecule has 2 aromatic rings. The molecule has 84 valence electrons. The monoisotopic (exact) mass is 286 g/mol. The van der Waals surface area contributed by atoms with Crippen LogP contribution in [0.3, 0.4) is 0 Å². The Morgan fingerprint density at radius 2 is 2.25 bits per heavy atom. The Morgan fingerprint density at radius 1 is 1.50 bits per heavy atom. The molecule has 0 radical (unpaired) electrons. The Balaban J connectivity index is 2.72. The summed E-state index contributed by atoms with van der Waals surface area (Å²) in [5, 5.41) is 3.51. The quantitative estimate of drug-likeness (QED) is 0.922. The van der Waals surface area contributed by atoms with Crippen LogP contribution in [0.25, 0.3) is 11.1 Å². The Bertz CT molecular complexity index is 528. The number of nitrogens with two attached hydrogens (primary N) is 1. The maximum atomic E-state index is 13.9. The molecule has 0 unspecified atom stereocenters. The van der Waals surface area contributed by atoms with E-state index >= 15 is 0 Å². The first-order chi connectivity index (χ1) is 7.65. The van der Waals surface area contributed by atoms with Gasteiger partial charge in [-0.05, 0) is 28.1 Å². The van der Waals surface area contributed by atoms with E-state index in [0.717, 1.165) is 0 Å². The largest absolute Gasteiger partial charge is 0.496 e. The SMILES string of the molecule is COc1ccc(Br)c(F)c1-c1cnoc1N. The van der Waals surface area contributed by atoms with E-state index in [1.165, 1.54) is 13.3 Å². The normalized spacial score (nSPS) is 10.4. The van der Waals surface area contributed by atoms with Crippen molar-refractivity contribution < 1.29 is 13.7 Å². The van der Waals surface area contributed by atoms with Gasteiger partial charge in [0.05, 0.1) is 28.9 Å². The molecular weight excluding hydrogens is 279 g/mol. The highest BCUT2D eigenvalue weighted by molar-refractivity contribution is 9.10. The Labute approximate surface area is 99.3 Å². The summed E-state index contributed by atoms with van der Waals surface area (Å²) in [6.45, 7) is 0. The minimum absolute atomic E-state index is 0.0512. The summed E-state index contributed by atoms with van der Waals surface area (Å²) in [4.78, 5) is 0. The predicted octanol–water partition coefficient (Wildman–Crippen LogP) is 2.83. The zero-order valence-corrected chi connectivity index (χ0v) is 9.92. The van der Waals surface area contributed by atoms with Crippen molar-refractivity contribution in [3.8, 4) is 16.9 Å². The summed E-state index contributed by atoms with van der Waals surface area (Å²) in [6, 6.07) is 3.19. The summed E-state index contributed by atoms with van der Waals surface area (Å²) >= 11 is 3.10. The first-order valence-electron chi connectivity index (χ1n) is 4.37. The van der Waals surface area contributed by atoms with Crippen LogP contribution in [0.5, 0.6) is 5.75 Å². The highest BCUT2D eigenvalue weighted by atomic mass is 79.9. The number of ether oxygens (including phenoxy) is 1. The van der Waals surface area contributed by atoms with Crippen LogP contribution in [0.1, 0.15) is 0 Å². The van der Waals surface area contributed by atoms with Crippen molar-refractivity contribution in [1.82, 2.24) is 5.16 Å². The molecule has 1 aromatic heterocycles. The molecule has 2 rings (SSSR count). The number of anilines is 1. The number of halogens is 2. The van der Waals surface area contributed by atoms with Crippen LogP contribution in [0.2, 0.25) is 0 Å². The van der Waals surface area contributed by atoms with Gasteiger partial charge in [-0.3, -0.25) is 0 Å². The fourth-order valence-corrected chi connectivity index (χ4v) is 1.72. The second-order valence-electron chi connectivity index (χ2n) is 3.04. The topological polar surface area (TPSA) is 61.3 Å². The van der Waals surface area contributed by atoms with E-state index in [0.29, 0.717) is 15.8 Å². The Kier molecular flexibility index (Phi) is 2.82. The van der Waals surface area contributed by atoms with Gasteiger partial charge in [-0.1, -0.05) is 5.16 Å². The molecule has 1 heterocycles. The molecule has 0 bridgehead atoms. The lowest BCUT2D eigenvalue weighted by atomic mass is 10.1. The Hall–Kier alpha value is -1.56. The fourth-order valence-electron chi connectivity index (χ4n) is 1.39. The zero-order chi connectivity index (χ0) is 11.7. The van der Waals surface area contributed by atoms with E-state index < -0.39 is 5.82 Å². The summed E-state index contributed by atoms with van der Waals surface area (Å²) in [5.41, 5.74) is 6.15. The van der Waals surface area contributed by atoms with Gasteiger partial charge in [0.25, 0.3) is 0 Å². The summed E-state index contributed by atoms with van der Waals surface area (Å²) < 4.78 is 24.0. The average molecular weight is 287 g/mol. The molecule has 4 nitrogen and oxygen atoms in total. The van der Waals surface area contributed by atoms with Gasteiger partial charge in [-0.15, -0.1) is 0 Å². The molecule has 0 aliphatic heterocycles. The molecule has 0 saturated carbocycles. The average Bonchev–Trinajstić information content (AvgIpc) is 2.68. The number of aromatic nitrogens is 1. The van der Waals surface area contributed by atoms with Crippen molar-refractivity contribution in [3.05, 3.63) is 28.6 Å². The molecule has 0 amide bonds. The lowest BCUT2D eigenvalue weighted by Crippen LogP contribution is -1.94. The number of rotatable bonds is 2. The number of hydrogen-bond donors (Lipinski definition) is 1. The van der Waals surface area contributed by atoms with E-state index in [1.807, 2.05) is 0 Å². The molecule has 0 spiro atoms. The van der Waals surface area contributed by atoms with Gasteiger partial charge in [-0.2, -0.15) is 0 Å². The van der Waals surface area contributed by atoms with Gasteiger partial charge in [0.15, 0.2) is 0 Å². The van der Waals surface area contributed by atoms with Crippen LogP contribution in [0.4, 0.5) is 10.3 Å². The van der Waals surface area contributed by atoms with Gasteiger partial charge < -0.3 is 15.0 Å². The van der Waals surface area contributed by atoms with Gasteiger partial charge in [0.2, 0.25) is 5.88 Å². The van der Waals surface area contributed by atoms with Crippen LogP contribution in [-0.2, 0) is 0 Å². The number of methoxy groups -OCH3 is 1. The number of nitrogen functional groups attached to an aromatic ring is 1. The summed E-state index contributed by atoms with van der Waals surface area (Å²) in [7, 11) is 1.45. The molecule has 1 aromatic carbocycles.